The summed E-state index contributed by atoms with van der Waals surface area (Å²) in [5, 5.41) is 25.3. The Kier molecular flexibility index (Phi) is 8.55. The highest BCUT2D eigenvalue weighted by Crippen LogP contribution is 2.90. The maximum atomic E-state index is 15.8. The van der Waals surface area contributed by atoms with Crippen molar-refractivity contribution in [3.63, 3.8) is 0 Å². The van der Waals surface area contributed by atoms with E-state index in [-0.39, 0.29) is 51.8 Å². The number of alkyl halides is 2. The molecule has 0 radical (unpaired) electrons. The van der Waals surface area contributed by atoms with Crippen molar-refractivity contribution in [3.05, 3.63) is 0 Å². The summed E-state index contributed by atoms with van der Waals surface area (Å²) >= 11 is 9.74. The monoisotopic (exact) mass is 704 g/mol. The van der Waals surface area contributed by atoms with E-state index in [2.05, 4.69) is 43.6 Å². The molecule has 1 heterocycles. The summed E-state index contributed by atoms with van der Waals surface area (Å²) in [5.41, 5.74) is -4.26. The van der Waals surface area contributed by atoms with Crippen LogP contribution in [-0.2, 0) is 19.1 Å². The average molecular weight is 705 g/mol. The van der Waals surface area contributed by atoms with Crippen LogP contribution >= 0.6 is 24.4 Å². The number of rotatable bonds is 8. The fourth-order valence-electron chi connectivity index (χ4n) is 12.8. The second kappa shape index (κ2) is 11.1. The second-order valence-electron chi connectivity index (χ2n) is 18.0. The summed E-state index contributed by atoms with van der Waals surface area (Å²) in [6, 6.07) is -0.806. The van der Waals surface area contributed by atoms with Gasteiger partial charge in [-0.1, -0.05) is 27.7 Å². The first-order valence-electron chi connectivity index (χ1n) is 17.5. The molecule has 8 nitrogen and oxygen atoms in total. The number of carbonyl (C=O) groups excluding carboxylic acids is 2. The number of aliphatic hydroxyl groups excluding tert-OH is 1. The summed E-state index contributed by atoms with van der Waals surface area (Å²) < 4.78 is 44.5. The molecule has 6 fully saturated rings. The van der Waals surface area contributed by atoms with Gasteiger partial charge in [-0.2, -0.15) is 12.6 Å². The fraction of sp³-hybridized carbons (Fsp3) is 0.943. The molecule has 1 unspecified atom stereocenters. The quantitative estimate of drug-likeness (QED) is 0.130. The van der Waals surface area contributed by atoms with Gasteiger partial charge >= 0.3 is 5.97 Å². The molecule has 12 heteroatoms. The Hall–Kier alpha value is -0.720. The summed E-state index contributed by atoms with van der Waals surface area (Å²) in [7, 11) is 0. The van der Waals surface area contributed by atoms with Crippen LogP contribution in [0.1, 0.15) is 106 Å². The van der Waals surface area contributed by atoms with Gasteiger partial charge in [0.1, 0.15) is 18.7 Å². The molecular weight excluding hydrogens is 650 g/mol. The summed E-state index contributed by atoms with van der Waals surface area (Å²) in [6.45, 7) is 13.1. The molecule has 5 saturated carbocycles. The molecule has 6 rings (SSSR count). The molecule has 5 aliphatic carbocycles. The average Bonchev–Trinajstić information content (AvgIpc) is 3.34. The standard InChI is InChI=1S/C35H55ClF2N2O6S/c1-28(2)26-21(45-24(42)16-39-27(43)19(17-47)40-36)14-22-31(6)15-20(41)25(32(7)9-8-23(46-32)29(3,4)44)30(31,5)10-11-33(22)18-34(26,33)12-13-35(28,37)38/h19-23,25-26,40-41,44,47H,8-18H2,1-7H3,(H,39,43)/t19?,20-,21-,22-,23-,25-,26-,30+,31-,32-,33-,34+/m0/s1. The van der Waals surface area contributed by atoms with Gasteiger partial charge in [0.15, 0.2) is 0 Å². The molecule has 268 valence electrons. The smallest absolute Gasteiger partial charge is 0.325 e. The second-order valence-corrected chi connectivity index (χ2v) is 18.6. The minimum absolute atomic E-state index is 0.0451. The van der Waals surface area contributed by atoms with Gasteiger partial charge < -0.3 is 25.0 Å². The molecule has 1 aliphatic heterocycles. The Bertz CT molecular complexity index is 1300. The molecule has 6 aliphatic rings. The third-order valence-corrected chi connectivity index (χ3v) is 15.8. The van der Waals surface area contributed by atoms with Crippen molar-refractivity contribution in [1.29, 1.82) is 0 Å². The van der Waals surface area contributed by atoms with Crippen molar-refractivity contribution in [2.45, 2.75) is 148 Å². The summed E-state index contributed by atoms with van der Waals surface area (Å²) in [5.74, 6) is -4.63. The minimum atomic E-state index is -2.92. The number of thiol groups is 1. The van der Waals surface area contributed by atoms with E-state index in [0.717, 1.165) is 25.7 Å². The number of aliphatic hydroxyl groups is 2. The lowest BCUT2D eigenvalue weighted by Gasteiger charge is -2.65. The Labute approximate surface area is 288 Å². The van der Waals surface area contributed by atoms with Crippen LogP contribution in [0.2, 0.25) is 0 Å². The van der Waals surface area contributed by atoms with E-state index < -0.39 is 65.1 Å². The molecule has 47 heavy (non-hydrogen) atoms. The Morgan fingerprint density at radius 1 is 1.04 bits per heavy atom. The van der Waals surface area contributed by atoms with Crippen molar-refractivity contribution >= 4 is 36.3 Å². The molecule has 1 amide bonds. The van der Waals surface area contributed by atoms with Crippen LogP contribution in [0, 0.1) is 44.8 Å². The SMILES string of the molecule is CC(C)(O)[C@@H]1CC[C@@](C)([C@H]2[C@@H](O)C[C@@]3(C)[C@@H]4C[C@H](OC(=O)CNC(=O)C(CS)NCl)[C@H]5C(C)(C)C(F)(F)CC[C@@]56C[C@@]46CC[C@]23C)O1. The van der Waals surface area contributed by atoms with Crippen molar-refractivity contribution in [2.24, 2.45) is 44.8 Å². The molecule has 2 spiro atoms. The highest BCUT2D eigenvalue weighted by Gasteiger charge is 2.86. The highest BCUT2D eigenvalue weighted by molar-refractivity contribution is 7.80. The topological polar surface area (TPSA) is 117 Å². The van der Waals surface area contributed by atoms with Gasteiger partial charge in [0.25, 0.3) is 5.92 Å². The van der Waals surface area contributed by atoms with E-state index in [1.165, 1.54) is 0 Å². The summed E-state index contributed by atoms with van der Waals surface area (Å²) in [6.07, 6.45) is 3.47. The van der Waals surface area contributed by atoms with E-state index in [4.69, 9.17) is 21.3 Å². The molecule has 0 aromatic carbocycles. The van der Waals surface area contributed by atoms with Gasteiger partial charge in [-0.15, -0.1) is 0 Å². The van der Waals surface area contributed by atoms with Gasteiger partial charge in [-0.25, -0.2) is 13.6 Å². The van der Waals surface area contributed by atoms with Crippen LogP contribution in [0.3, 0.4) is 0 Å². The third kappa shape index (κ3) is 4.92. The lowest BCUT2D eigenvalue weighted by Crippen LogP contribution is -2.64. The largest absolute Gasteiger partial charge is 0.461 e. The van der Waals surface area contributed by atoms with Crippen LogP contribution < -0.4 is 10.2 Å². The van der Waals surface area contributed by atoms with Crippen molar-refractivity contribution in [3.8, 4) is 0 Å². The number of fused-ring (bicyclic) bond motifs is 2. The predicted octanol–water partition coefficient (Wildman–Crippen LogP) is 5.42. The van der Waals surface area contributed by atoms with Crippen LogP contribution in [0.15, 0.2) is 0 Å². The number of hydrogen-bond donors (Lipinski definition) is 5. The van der Waals surface area contributed by atoms with E-state index in [1.54, 1.807) is 27.7 Å². The number of halogens is 3. The van der Waals surface area contributed by atoms with E-state index in [9.17, 15) is 19.8 Å². The fourth-order valence-corrected chi connectivity index (χ4v) is 13.3. The van der Waals surface area contributed by atoms with Gasteiger partial charge in [-0.05, 0) is 111 Å². The first kappa shape index (κ1) is 36.1. The maximum Gasteiger partial charge on any atom is 0.325 e. The molecule has 12 atom stereocenters. The normalized spacial score (nSPS) is 48.4. The van der Waals surface area contributed by atoms with Crippen LogP contribution in [0.25, 0.3) is 0 Å². The highest BCUT2D eigenvalue weighted by atomic mass is 35.5. The lowest BCUT2D eigenvalue weighted by atomic mass is 9.41. The number of ether oxygens (including phenoxy) is 2. The van der Waals surface area contributed by atoms with E-state index in [1.807, 2.05) is 0 Å². The van der Waals surface area contributed by atoms with Gasteiger partial charge in [0.05, 0.1) is 23.4 Å². The van der Waals surface area contributed by atoms with Crippen LogP contribution in [0.5, 0.6) is 0 Å². The van der Waals surface area contributed by atoms with E-state index >= 15 is 8.78 Å². The van der Waals surface area contributed by atoms with Gasteiger partial charge in [0, 0.05) is 29.4 Å². The first-order valence-corrected chi connectivity index (χ1v) is 18.5. The van der Waals surface area contributed by atoms with Gasteiger partial charge in [-0.3, -0.25) is 9.59 Å². The Balaban J connectivity index is 1.33. The zero-order valence-electron chi connectivity index (χ0n) is 28.9. The Morgan fingerprint density at radius 2 is 1.70 bits per heavy atom. The van der Waals surface area contributed by atoms with Gasteiger partial charge in [0.2, 0.25) is 5.91 Å². The van der Waals surface area contributed by atoms with Crippen molar-refractivity contribution < 1.29 is 38.1 Å². The molecule has 1 saturated heterocycles. The molecule has 4 N–H and O–H groups in total. The number of carbonyl (C=O) groups is 2. The Morgan fingerprint density at radius 3 is 2.30 bits per heavy atom. The van der Waals surface area contributed by atoms with Crippen LogP contribution in [-0.4, -0.2) is 75.9 Å². The number of amides is 1. The molecule has 0 aromatic heterocycles. The molecule has 0 bridgehead atoms. The molecule has 0 aromatic rings. The van der Waals surface area contributed by atoms with Crippen molar-refractivity contribution in [2.75, 3.05) is 12.3 Å². The maximum absolute atomic E-state index is 15.8. The lowest BCUT2D eigenvalue weighted by molar-refractivity contribution is -0.251. The van der Waals surface area contributed by atoms with E-state index in [0.29, 0.717) is 25.7 Å². The van der Waals surface area contributed by atoms with Crippen LogP contribution in [0.4, 0.5) is 8.78 Å². The summed E-state index contributed by atoms with van der Waals surface area (Å²) in [4.78, 5) is 28.2. The first-order chi connectivity index (χ1) is 21.6. The number of esters is 1. The number of nitrogens with one attached hydrogen (secondary N) is 2. The minimum Gasteiger partial charge on any atom is -0.461 e. The predicted molar refractivity (Wildman–Crippen MR) is 177 cm³/mol. The zero-order chi connectivity index (χ0) is 34.8. The third-order valence-electron chi connectivity index (χ3n) is 15.2. The van der Waals surface area contributed by atoms with Crippen molar-refractivity contribution in [1.82, 2.24) is 10.2 Å². The number of hydrogen-bond acceptors (Lipinski definition) is 8. The molecular formula is C35H55ClF2N2O6S. The zero-order valence-corrected chi connectivity index (χ0v) is 30.6.